The first-order chi connectivity index (χ1) is 6.29. The summed E-state index contributed by atoms with van der Waals surface area (Å²) < 4.78 is 0. The average Bonchev–Trinajstić information content (AvgIpc) is 2.65. The van der Waals surface area contributed by atoms with Gasteiger partial charge in [0.25, 0.3) is 5.91 Å². The van der Waals surface area contributed by atoms with Crippen molar-refractivity contribution < 1.29 is 4.79 Å². The van der Waals surface area contributed by atoms with E-state index in [1.54, 1.807) is 0 Å². The Bertz CT molecular complexity index is 166. The van der Waals surface area contributed by atoms with Gasteiger partial charge in [0.15, 0.2) is 0 Å². The van der Waals surface area contributed by atoms with E-state index in [9.17, 15) is 4.79 Å². The summed E-state index contributed by atoms with van der Waals surface area (Å²) in [5, 5.41) is 0. The van der Waals surface area contributed by atoms with Crippen LogP contribution in [0.4, 0.5) is 0 Å². The molecule has 1 amide bonds. The summed E-state index contributed by atoms with van der Waals surface area (Å²) in [5.74, 6) is 5.11. The van der Waals surface area contributed by atoms with Gasteiger partial charge in [-0.1, -0.05) is 13.3 Å². The van der Waals surface area contributed by atoms with E-state index < -0.39 is 0 Å². The lowest BCUT2D eigenvalue weighted by Gasteiger charge is -2.25. The lowest BCUT2D eigenvalue weighted by atomic mass is 10.1. The van der Waals surface area contributed by atoms with Crippen molar-refractivity contribution in [2.45, 2.75) is 38.6 Å². The molecule has 0 saturated carbocycles. The van der Waals surface area contributed by atoms with Crippen LogP contribution < -0.4 is 11.3 Å². The molecule has 1 rings (SSSR count). The van der Waals surface area contributed by atoms with E-state index >= 15 is 0 Å². The second kappa shape index (κ2) is 5.19. The first-order valence-corrected chi connectivity index (χ1v) is 5.04. The van der Waals surface area contributed by atoms with Gasteiger partial charge in [-0.25, -0.2) is 5.84 Å². The molecule has 1 heterocycles. The van der Waals surface area contributed by atoms with Crippen LogP contribution in [0.15, 0.2) is 0 Å². The first-order valence-electron chi connectivity index (χ1n) is 5.04. The number of nitrogens with one attached hydrogen (secondary N) is 1. The summed E-state index contributed by atoms with van der Waals surface area (Å²) in [5.41, 5.74) is 2.25. The van der Waals surface area contributed by atoms with Gasteiger partial charge in [0.1, 0.15) is 0 Å². The Labute approximate surface area is 79.4 Å². The van der Waals surface area contributed by atoms with Crippen molar-refractivity contribution in [2.75, 3.05) is 13.1 Å². The maximum absolute atomic E-state index is 11.4. The summed E-state index contributed by atoms with van der Waals surface area (Å²) in [6.45, 7) is 4.17. The normalized spacial score (nSPS) is 20.2. The summed E-state index contributed by atoms with van der Waals surface area (Å²) in [6.07, 6.45) is 4.34. The SMILES string of the molecule is CCC[C@H](C(=O)NN)N1CCCC1. The van der Waals surface area contributed by atoms with Crippen LogP contribution in [0, 0.1) is 0 Å². The molecule has 1 fully saturated rings. The minimum absolute atomic E-state index is 0.00231. The van der Waals surface area contributed by atoms with E-state index in [-0.39, 0.29) is 11.9 Å². The molecule has 1 aliphatic rings. The third-order valence-corrected chi connectivity index (χ3v) is 2.59. The number of hydrogen-bond donors (Lipinski definition) is 2. The molecule has 0 spiro atoms. The molecule has 0 bridgehead atoms. The highest BCUT2D eigenvalue weighted by molar-refractivity contribution is 5.81. The number of rotatable bonds is 4. The van der Waals surface area contributed by atoms with Crippen LogP contribution in [0.5, 0.6) is 0 Å². The van der Waals surface area contributed by atoms with E-state index in [2.05, 4.69) is 17.2 Å². The standard InChI is InChI=1S/C9H19N3O/c1-2-5-8(9(13)11-10)12-6-3-4-7-12/h8H,2-7,10H2,1H3,(H,11,13)/t8-/m1/s1. The molecule has 0 radical (unpaired) electrons. The highest BCUT2D eigenvalue weighted by Crippen LogP contribution is 2.15. The quantitative estimate of drug-likeness (QED) is 0.375. The van der Waals surface area contributed by atoms with Crippen LogP contribution in [-0.4, -0.2) is 29.9 Å². The van der Waals surface area contributed by atoms with Gasteiger partial charge in [0.2, 0.25) is 0 Å². The van der Waals surface area contributed by atoms with Gasteiger partial charge in [-0.05, 0) is 32.4 Å². The molecule has 3 N–H and O–H groups in total. The summed E-state index contributed by atoms with van der Waals surface area (Å²) in [6, 6.07) is -0.00231. The van der Waals surface area contributed by atoms with Crippen molar-refractivity contribution in [1.29, 1.82) is 0 Å². The van der Waals surface area contributed by atoms with Crippen LogP contribution in [0.3, 0.4) is 0 Å². The van der Waals surface area contributed by atoms with Gasteiger partial charge in [-0.3, -0.25) is 15.1 Å². The molecular formula is C9H19N3O. The summed E-state index contributed by atoms with van der Waals surface area (Å²) in [7, 11) is 0. The highest BCUT2D eigenvalue weighted by atomic mass is 16.2. The third kappa shape index (κ3) is 2.67. The van der Waals surface area contributed by atoms with Crippen LogP contribution in [-0.2, 0) is 4.79 Å². The number of amides is 1. The van der Waals surface area contributed by atoms with Crippen molar-refractivity contribution in [3.63, 3.8) is 0 Å². The van der Waals surface area contributed by atoms with Crippen LogP contribution in [0.25, 0.3) is 0 Å². The smallest absolute Gasteiger partial charge is 0.251 e. The number of carbonyl (C=O) groups is 1. The van der Waals surface area contributed by atoms with Crippen molar-refractivity contribution in [1.82, 2.24) is 10.3 Å². The maximum atomic E-state index is 11.4. The fraction of sp³-hybridized carbons (Fsp3) is 0.889. The Kier molecular flexibility index (Phi) is 4.18. The third-order valence-electron chi connectivity index (χ3n) is 2.59. The number of likely N-dealkylation sites (tertiary alicyclic amines) is 1. The molecule has 4 nitrogen and oxygen atoms in total. The lowest BCUT2D eigenvalue weighted by molar-refractivity contribution is -0.126. The van der Waals surface area contributed by atoms with E-state index in [0.717, 1.165) is 25.9 Å². The molecule has 0 aliphatic carbocycles. The molecule has 0 aromatic heterocycles. The van der Waals surface area contributed by atoms with E-state index in [1.165, 1.54) is 12.8 Å². The largest absolute Gasteiger partial charge is 0.293 e. The minimum atomic E-state index is -0.0382. The molecule has 4 heteroatoms. The number of nitrogens with zero attached hydrogens (tertiary/aromatic N) is 1. The van der Waals surface area contributed by atoms with Gasteiger partial charge in [0, 0.05) is 0 Å². The van der Waals surface area contributed by atoms with Crippen molar-refractivity contribution in [3.8, 4) is 0 Å². The van der Waals surface area contributed by atoms with Gasteiger partial charge in [-0.2, -0.15) is 0 Å². The first kappa shape index (κ1) is 10.5. The van der Waals surface area contributed by atoms with Gasteiger partial charge >= 0.3 is 0 Å². The lowest BCUT2D eigenvalue weighted by Crippen LogP contribution is -2.48. The summed E-state index contributed by atoms with van der Waals surface area (Å²) >= 11 is 0. The fourth-order valence-corrected chi connectivity index (χ4v) is 1.90. The molecule has 13 heavy (non-hydrogen) atoms. The highest BCUT2D eigenvalue weighted by Gasteiger charge is 2.26. The van der Waals surface area contributed by atoms with Crippen LogP contribution in [0.1, 0.15) is 32.6 Å². The fourth-order valence-electron chi connectivity index (χ4n) is 1.90. The van der Waals surface area contributed by atoms with E-state index in [4.69, 9.17) is 5.84 Å². The molecule has 1 aliphatic heterocycles. The Morgan fingerprint density at radius 3 is 2.62 bits per heavy atom. The summed E-state index contributed by atoms with van der Waals surface area (Å²) in [4.78, 5) is 13.6. The minimum Gasteiger partial charge on any atom is -0.293 e. The molecule has 0 aromatic rings. The van der Waals surface area contributed by atoms with E-state index in [1.807, 2.05) is 0 Å². The van der Waals surface area contributed by atoms with Gasteiger partial charge in [-0.15, -0.1) is 0 Å². The van der Waals surface area contributed by atoms with Crippen LogP contribution >= 0.6 is 0 Å². The topological polar surface area (TPSA) is 58.4 Å². The Hall–Kier alpha value is -0.610. The number of hydrazine groups is 1. The van der Waals surface area contributed by atoms with E-state index in [0.29, 0.717) is 0 Å². The molecule has 1 saturated heterocycles. The molecular weight excluding hydrogens is 166 g/mol. The Morgan fingerprint density at radius 1 is 1.54 bits per heavy atom. The van der Waals surface area contributed by atoms with Gasteiger partial charge < -0.3 is 0 Å². The van der Waals surface area contributed by atoms with Gasteiger partial charge in [0.05, 0.1) is 6.04 Å². The second-order valence-electron chi connectivity index (χ2n) is 3.56. The predicted octanol–water partition coefficient (Wildman–Crippen LogP) is 0.241. The number of nitrogens with two attached hydrogens (primary N) is 1. The van der Waals surface area contributed by atoms with Crippen molar-refractivity contribution in [3.05, 3.63) is 0 Å². The maximum Gasteiger partial charge on any atom is 0.251 e. The molecule has 0 unspecified atom stereocenters. The zero-order valence-corrected chi connectivity index (χ0v) is 8.25. The predicted molar refractivity (Wildman–Crippen MR) is 51.8 cm³/mol. The zero-order valence-electron chi connectivity index (χ0n) is 8.25. The van der Waals surface area contributed by atoms with Crippen molar-refractivity contribution in [2.24, 2.45) is 5.84 Å². The van der Waals surface area contributed by atoms with Crippen molar-refractivity contribution >= 4 is 5.91 Å². The second-order valence-corrected chi connectivity index (χ2v) is 3.56. The Balaban J connectivity index is 2.49. The molecule has 76 valence electrons. The molecule has 0 aromatic carbocycles. The number of carbonyl (C=O) groups excluding carboxylic acids is 1. The average molecular weight is 185 g/mol. The number of hydrogen-bond acceptors (Lipinski definition) is 3. The zero-order chi connectivity index (χ0) is 9.68. The monoisotopic (exact) mass is 185 g/mol. The van der Waals surface area contributed by atoms with Crippen LogP contribution in [0.2, 0.25) is 0 Å². The molecule has 1 atom stereocenters. The Morgan fingerprint density at radius 2 is 2.15 bits per heavy atom.